The van der Waals surface area contributed by atoms with Gasteiger partial charge in [0.15, 0.2) is 5.78 Å². The zero-order valence-electron chi connectivity index (χ0n) is 10.7. The van der Waals surface area contributed by atoms with Gasteiger partial charge in [-0.05, 0) is 32.9 Å². The number of Topliss-reactive ketones (excluding diaryl/α,β-unsaturated/α-hetero) is 1. The second kappa shape index (κ2) is 4.40. The van der Waals surface area contributed by atoms with Gasteiger partial charge < -0.3 is 9.64 Å². The Hall–Kier alpha value is -1.51. The van der Waals surface area contributed by atoms with Gasteiger partial charge in [-0.1, -0.05) is 12.1 Å². The number of ether oxygens (including phenoxy) is 1. The van der Waals surface area contributed by atoms with E-state index in [4.69, 9.17) is 4.74 Å². The van der Waals surface area contributed by atoms with E-state index in [0.717, 1.165) is 18.0 Å². The van der Waals surface area contributed by atoms with Gasteiger partial charge >= 0.3 is 0 Å². The smallest absolute Gasteiger partial charge is 0.159 e. The van der Waals surface area contributed by atoms with Crippen LogP contribution in [0.1, 0.15) is 27.2 Å². The van der Waals surface area contributed by atoms with Gasteiger partial charge in [0.25, 0.3) is 0 Å². The molecule has 0 spiro atoms. The molecule has 3 nitrogen and oxygen atoms in total. The maximum atomic E-state index is 11.9. The first-order valence-electron chi connectivity index (χ1n) is 6.10. The molecule has 1 fully saturated rings. The van der Waals surface area contributed by atoms with E-state index in [1.807, 2.05) is 45.0 Å². The monoisotopic (exact) mass is 233 g/mol. The fraction of sp³-hybridized carbons (Fsp3) is 0.500. The SMILES string of the molecule is CCOc1ccccc1N1CCC(=O)C1(C)C. The third-order valence-corrected chi connectivity index (χ3v) is 3.38. The maximum Gasteiger partial charge on any atom is 0.159 e. The number of anilines is 1. The lowest BCUT2D eigenvalue weighted by molar-refractivity contribution is -0.120. The third-order valence-electron chi connectivity index (χ3n) is 3.38. The fourth-order valence-corrected chi connectivity index (χ4v) is 2.33. The maximum absolute atomic E-state index is 11.9. The molecule has 0 aromatic heterocycles. The molecule has 0 amide bonds. The fourth-order valence-electron chi connectivity index (χ4n) is 2.33. The second-order valence-electron chi connectivity index (χ2n) is 4.78. The summed E-state index contributed by atoms with van der Waals surface area (Å²) in [5.74, 6) is 1.15. The molecule has 1 aromatic rings. The molecule has 0 atom stereocenters. The molecule has 1 heterocycles. The molecule has 0 saturated carbocycles. The van der Waals surface area contributed by atoms with Gasteiger partial charge in [0.2, 0.25) is 0 Å². The number of ketones is 1. The molecular formula is C14H19NO2. The Morgan fingerprint density at radius 3 is 2.65 bits per heavy atom. The zero-order valence-corrected chi connectivity index (χ0v) is 10.7. The van der Waals surface area contributed by atoms with Crippen molar-refractivity contribution in [3.05, 3.63) is 24.3 Å². The molecule has 17 heavy (non-hydrogen) atoms. The van der Waals surface area contributed by atoms with E-state index in [-0.39, 0.29) is 0 Å². The van der Waals surface area contributed by atoms with Gasteiger partial charge in [-0.3, -0.25) is 4.79 Å². The predicted molar refractivity (Wildman–Crippen MR) is 68.7 cm³/mol. The normalized spacial score (nSPS) is 18.5. The van der Waals surface area contributed by atoms with E-state index in [1.165, 1.54) is 0 Å². The Bertz CT molecular complexity index is 426. The predicted octanol–water partition coefficient (Wildman–Crippen LogP) is 2.64. The molecule has 1 aromatic carbocycles. The van der Waals surface area contributed by atoms with Crippen molar-refractivity contribution >= 4 is 11.5 Å². The summed E-state index contributed by atoms with van der Waals surface area (Å²) in [6.45, 7) is 7.34. The van der Waals surface area contributed by atoms with Crippen molar-refractivity contribution in [1.82, 2.24) is 0 Å². The Balaban J connectivity index is 2.37. The average molecular weight is 233 g/mol. The quantitative estimate of drug-likeness (QED) is 0.803. The Labute approximate surface area is 102 Å². The molecule has 92 valence electrons. The van der Waals surface area contributed by atoms with E-state index < -0.39 is 5.54 Å². The Kier molecular flexibility index (Phi) is 3.09. The van der Waals surface area contributed by atoms with E-state index in [1.54, 1.807) is 0 Å². The summed E-state index contributed by atoms with van der Waals surface area (Å²) < 4.78 is 5.63. The molecule has 1 saturated heterocycles. The van der Waals surface area contributed by atoms with Crippen LogP contribution in [0.15, 0.2) is 24.3 Å². The molecule has 2 rings (SSSR count). The Morgan fingerprint density at radius 1 is 1.35 bits per heavy atom. The molecule has 0 radical (unpaired) electrons. The number of hydrogen-bond donors (Lipinski definition) is 0. The van der Waals surface area contributed by atoms with E-state index in [9.17, 15) is 4.79 Å². The summed E-state index contributed by atoms with van der Waals surface area (Å²) in [5.41, 5.74) is 0.595. The van der Waals surface area contributed by atoms with Crippen molar-refractivity contribution in [2.45, 2.75) is 32.7 Å². The van der Waals surface area contributed by atoms with Gasteiger partial charge in [0, 0.05) is 13.0 Å². The minimum atomic E-state index is -0.423. The van der Waals surface area contributed by atoms with Crippen molar-refractivity contribution in [2.24, 2.45) is 0 Å². The van der Waals surface area contributed by atoms with Crippen LogP contribution in [0.2, 0.25) is 0 Å². The van der Waals surface area contributed by atoms with Crippen LogP contribution in [0.25, 0.3) is 0 Å². The number of carbonyl (C=O) groups is 1. The number of nitrogens with zero attached hydrogens (tertiary/aromatic N) is 1. The summed E-state index contributed by atoms with van der Waals surface area (Å²) in [4.78, 5) is 14.0. The van der Waals surface area contributed by atoms with Crippen molar-refractivity contribution in [1.29, 1.82) is 0 Å². The number of carbonyl (C=O) groups excluding carboxylic acids is 1. The first-order chi connectivity index (χ1) is 8.07. The zero-order chi connectivity index (χ0) is 12.5. The van der Waals surface area contributed by atoms with E-state index >= 15 is 0 Å². The number of rotatable bonds is 3. The highest BCUT2D eigenvalue weighted by Gasteiger charge is 2.40. The van der Waals surface area contributed by atoms with Crippen LogP contribution in [0.5, 0.6) is 5.75 Å². The number of benzene rings is 1. The van der Waals surface area contributed by atoms with Gasteiger partial charge in [-0.2, -0.15) is 0 Å². The molecule has 0 aliphatic carbocycles. The van der Waals surface area contributed by atoms with Gasteiger partial charge in [0.05, 0.1) is 17.8 Å². The summed E-state index contributed by atoms with van der Waals surface area (Å²) in [5, 5.41) is 0. The lowest BCUT2D eigenvalue weighted by Crippen LogP contribution is -2.43. The van der Waals surface area contributed by atoms with Crippen molar-refractivity contribution < 1.29 is 9.53 Å². The standard InChI is InChI=1S/C14H19NO2/c1-4-17-12-8-6-5-7-11(12)15-10-9-13(16)14(15,2)3/h5-8H,4,9-10H2,1-3H3. The number of hydrogen-bond acceptors (Lipinski definition) is 3. The van der Waals surface area contributed by atoms with E-state index in [2.05, 4.69) is 4.90 Å². The molecule has 3 heteroatoms. The van der Waals surface area contributed by atoms with Crippen LogP contribution in [0.3, 0.4) is 0 Å². The summed E-state index contributed by atoms with van der Waals surface area (Å²) in [6.07, 6.45) is 0.619. The molecule has 1 aliphatic rings. The molecule has 1 aliphatic heterocycles. The van der Waals surface area contributed by atoms with Gasteiger partial charge in [-0.15, -0.1) is 0 Å². The lowest BCUT2D eigenvalue weighted by Gasteiger charge is -2.33. The van der Waals surface area contributed by atoms with Crippen LogP contribution < -0.4 is 9.64 Å². The first kappa shape index (κ1) is 12.0. The lowest BCUT2D eigenvalue weighted by atomic mass is 10.00. The molecule has 0 N–H and O–H groups in total. The molecular weight excluding hydrogens is 214 g/mol. The topological polar surface area (TPSA) is 29.5 Å². The van der Waals surface area contributed by atoms with Crippen LogP contribution in [0.4, 0.5) is 5.69 Å². The number of para-hydroxylation sites is 2. The van der Waals surface area contributed by atoms with Crippen molar-refractivity contribution in [3.63, 3.8) is 0 Å². The highest BCUT2D eigenvalue weighted by Crippen LogP contribution is 2.37. The van der Waals surface area contributed by atoms with E-state index in [0.29, 0.717) is 18.8 Å². The molecule has 0 bridgehead atoms. The highest BCUT2D eigenvalue weighted by molar-refractivity contribution is 5.95. The van der Waals surface area contributed by atoms with Crippen molar-refractivity contribution in [2.75, 3.05) is 18.1 Å². The van der Waals surface area contributed by atoms with Gasteiger partial charge in [-0.25, -0.2) is 0 Å². The first-order valence-corrected chi connectivity index (χ1v) is 6.10. The minimum Gasteiger partial charge on any atom is -0.492 e. The minimum absolute atomic E-state index is 0.295. The summed E-state index contributed by atoms with van der Waals surface area (Å²) in [7, 11) is 0. The summed E-state index contributed by atoms with van der Waals surface area (Å²) in [6, 6.07) is 7.92. The Morgan fingerprint density at radius 2 is 2.06 bits per heavy atom. The van der Waals surface area contributed by atoms with Crippen LogP contribution in [-0.2, 0) is 4.79 Å². The van der Waals surface area contributed by atoms with Crippen LogP contribution in [0, 0.1) is 0 Å². The summed E-state index contributed by atoms with van der Waals surface area (Å²) >= 11 is 0. The van der Waals surface area contributed by atoms with Gasteiger partial charge in [0.1, 0.15) is 5.75 Å². The second-order valence-corrected chi connectivity index (χ2v) is 4.78. The van der Waals surface area contributed by atoms with Crippen LogP contribution in [-0.4, -0.2) is 24.5 Å². The third kappa shape index (κ3) is 2.02. The molecule has 0 unspecified atom stereocenters. The highest BCUT2D eigenvalue weighted by atomic mass is 16.5. The average Bonchev–Trinajstić information content (AvgIpc) is 2.56. The van der Waals surface area contributed by atoms with Crippen LogP contribution >= 0.6 is 0 Å². The largest absolute Gasteiger partial charge is 0.492 e. The van der Waals surface area contributed by atoms with Crippen molar-refractivity contribution in [3.8, 4) is 5.75 Å².